The molecule has 0 aliphatic carbocycles. The van der Waals surface area contributed by atoms with E-state index in [1.165, 1.54) is 0 Å². The lowest BCUT2D eigenvalue weighted by molar-refractivity contribution is -0.187. The van der Waals surface area contributed by atoms with Crippen molar-refractivity contribution in [2.75, 3.05) is 18.4 Å². The molecule has 0 radical (unpaired) electrons. The third-order valence-electron chi connectivity index (χ3n) is 3.35. The zero-order valence-electron chi connectivity index (χ0n) is 11.5. The number of likely N-dealkylation sites (tertiary alicyclic amines) is 1. The zero-order valence-corrected chi connectivity index (χ0v) is 12.3. The molecule has 24 heavy (non-hydrogen) atoms. The molecule has 2 N–H and O–H groups in total. The first-order valence-electron chi connectivity index (χ1n) is 6.27. The van der Waals surface area contributed by atoms with E-state index in [0.29, 0.717) is 21.6 Å². The monoisotopic (exact) mass is 377 g/mol. The second kappa shape index (κ2) is 6.11. The van der Waals surface area contributed by atoms with Crippen molar-refractivity contribution in [1.82, 2.24) is 9.88 Å². The lowest BCUT2D eigenvalue weighted by atomic mass is 9.96. The summed E-state index contributed by atoms with van der Waals surface area (Å²) in [4.78, 5) is 26.5. The molecule has 2 atom stereocenters. The number of hydrogen-bond acceptors (Lipinski definition) is 4. The Hall–Kier alpha value is -2.05. The van der Waals surface area contributed by atoms with Crippen LogP contribution in [-0.2, 0) is 11.0 Å². The van der Waals surface area contributed by atoms with Crippen molar-refractivity contribution in [3.8, 4) is 0 Å². The molecule has 6 nitrogen and oxygen atoms in total. The summed E-state index contributed by atoms with van der Waals surface area (Å²) in [6, 6.07) is -1.14. The van der Waals surface area contributed by atoms with Gasteiger partial charge >= 0.3 is 24.4 Å². The molecular weight excluding hydrogens is 368 g/mol. The Morgan fingerprint density at radius 2 is 1.88 bits per heavy atom. The van der Waals surface area contributed by atoms with Gasteiger partial charge in [0.15, 0.2) is 10.8 Å². The number of alkyl halides is 6. The number of amides is 2. The number of carboxylic acids is 1. The maximum Gasteiger partial charge on any atom is 0.434 e. The topological polar surface area (TPSA) is 82.5 Å². The Labute approximate surface area is 134 Å². The van der Waals surface area contributed by atoms with E-state index in [2.05, 4.69) is 4.98 Å². The predicted molar refractivity (Wildman–Crippen MR) is 68.4 cm³/mol. The lowest BCUT2D eigenvalue weighted by Crippen LogP contribution is -2.35. The SMILES string of the molecule is O=C(O)[C@@H]1CN(C(=O)Nc2nc(C(F)(F)F)cs2)C[C@H]1C(F)(F)F. The Bertz CT molecular complexity index is 644. The Morgan fingerprint density at radius 3 is 2.29 bits per heavy atom. The second-order valence-corrected chi connectivity index (χ2v) is 5.82. The number of carbonyl (C=O) groups excluding carboxylic acids is 1. The van der Waals surface area contributed by atoms with E-state index in [-0.39, 0.29) is 0 Å². The number of aromatic nitrogens is 1. The van der Waals surface area contributed by atoms with Gasteiger partial charge in [0.25, 0.3) is 0 Å². The molecule has 1 aromatic rings. The third-order valence-corrected chi connectivity index (χ3v) is 4.11. The average Bonchev–Trinajstić information content (AvgIpc) is 3.02. The van der Waals surface area contributed by atoms with Crippen LogP contribution in [0.2, 0.25) is 0 Å². The molecule has 2 rings (SSSR count). The molecule has 1 fully saturated rings. The smallest absolute Gasteiger partial charge is 0.434 e. The normalized spacial score (nSPS) is 21.8. The summed E-state index contributed by atoms with van der Waals surface area (Å²) in [5.74, 6) is -5.79. The van der Waals surface area contributed by atoms with Crippen LogP contribution in [0.15, 0.2) is 5.38 Å². The van der Waals surface area contributed by atoms with Gasteiger partial charge in [-0.25, -0.2) is 9.78 Å². The molecule has 1 aromatic heterocycles. The van der Waals surface area contributed by atoms with Gasteiger partial charge in [-0.3, -0.25) is 10.1 Å². The first-order valence-corrected chi connectivity index (χ1v) is 7.15. The van der Waals surface area contributed by atoms with E-state index in [9.17, 15) is 35.9 Å². The molecule has 0 aromatic carbocycles. The highest BCUT2D eigenvalue weighted by molar-refractivity contribution is 7.13. The third kappa shape index (κ3) is 3.88. The molecule has 13 heteroatoms. The highest BCUT2D eigenvalue weighted by atomic mass is 32.1. The van der Waals surface area contributed by atoms with Crippen LogP contribution in [-0.4, -0.2) is 46.3 Å². The van der Waals surface area contributed by atoms with Crippen LogP contribution in [0.5, 0.6) is 0 Å². The van der Waals surface area contributed by atoms with Gasteiger partial charge in [0, 0.05) is 18.5 Å². The van der Waals surface area contributed by atoms with E-state index in [1.54, 1.807) is 0 Å². The predicted octanol–water partition coefficient (Wildman–Crippen LogP) is 2.89. The minimum Gasteiger partial charge on any atom is -0.481 e. The van der Waals surface area contributed by atoms with Gasteiger partial charge in [0.05, 0.1) is 11.8 Å². The summed E-state index contributed by atoms with van der Waals surface area (Å²) in [7, 11) is 0. The van der Waals surface area contributed by atoms with Crippen LogP contribution >= 0.6 is 11.3 Å². The number of aliphatic carboxylic acids is 1. The van der Waals surface area contributed by atoms with Crippen molar-refractivity contribution in [2.24, 2.45) is 11.8 Å². The fourth-order valence-corrected chi connectivity index (χ4v) is 2.89. The number of carbonyl (C=O) groups is 2. The van der Waals surface area contributed by atoms with Crippen LogP contribution in [0.4, 0.5) is 36.3 Å². The van der Waals surface area contributed by atoms with Crippen molar-refractivity contribution in [3.63, 3.8) is 0 Å². The number of nitrogens with zero attached hydrogens (tertiary/aromatic N) is 2. The summed E-state index contributed by atoms with van der Waals surface area (Å²) in [5, 5.41) is 11.0. The molecule has 1 aliphatic heterocycles. The minimum absolute atomic E-state index is 0.449. The highest BCUT2D eigenvalue weighted by Crippen LogP contribution is 2.38. The van der Waals surface area contributed by atoms with Crippen molar-refractivity contribution < 1.29 is 41.0 Å². The average molecular weight is 377 g/mol. The Morgan fingerprint density at radius 1 is 1.25 bits per heavy atom. The first kappa shape index (κ1) is 18.3. The van der Waals surface area contributed by atoms with Crippen LogP contribution in [0, 0.1) is 11.8 Å². The van der Waals surface area contributed by atoms with Crippen molar-refractivity contribution in [3.05, 3.63) is 11.1 Å². The largest absolute Gasteiger partial charge is 0.481 e. The van der Waals surface area contributed by atoms with E-state index in [1.807, 2.05) is 5.32 Å². The molecule has 1 aliphatic rings. The maximum atomic E-state index is 12.8. The Kier molecular flexibility index (Phi) is 4.65. The number of anilines is 1. The maximum absolute atomic E-state index is 12.8. The van der Waals surface area contributed by atoms with E-state index in [0.717, 1.165) is 0 Å². The molecule has 134 valence electrons. The summed E-state index contributed by atoms with van der Waals surface area (Å²) in [5.41, 5.74) is -1.25. The molecule has 2 heterocycles. The molecule has 1 saturated heterocycles. The van der Waals surface area contributed by atoms with Crippen molar-refractivity contribution in [2.45, 2.75) is 12.4 Å². The molecule has 0 saturated carbocycles. The van der Waals surface area contributed by atoms with Crippen molar-refractivity contribution in [1.29, 1.82) is 0 Å². The van der Waals surface area contributed by atoms with Gasteiger partial charge < -0.3 is 10.0 Å². The van der Waals surface area contributed by atoms with Gasteiger partial charge in [0.1, 0.15) is 0 Å². The quantitative estimate of drug-likeness (QED) is 0.777. The molecule has 0 bridgehead atoms. The second-order valence-electron chi connectivity index (χ2n) is 4.96. The van der Waals surface area contributed by atoms with Crippen LogP contribution in [0.25, 0.3) is 0 Å². The van der Waals surface area contributed by atoms with Crippen LogP contribution < -0.4 is 5.32 Å². The minimum atomic E-state index is -4.82. The molecule has 0 unspecified atom stereocenters. The van der Waals surface area contributed by atoms with Crippen molar-refractivity contribution >= 4 is 28.5 Å². The van der Waals surface area contributed by atoms with Crippen LogP contribution in [0.1, 0.15) is 5.69 Å². The molecule has 2 amide bonds. The van der Waals surface area contributed by atoms with Gasteiger partial charge in [-0.1, -0.05) is 0 Å². The first-order chi connectivity index (χ1) is 10.9. The number of nitrogens with one attached hydrogen (secondary N) is 1. The Balaban J connectivity index is 2.08. The van der Waals surface area contributed by atoms with Gasteiger partial charge in [0.2, 0.25) is 0 Å². The summed E-state index contributed by atoms with van der Waals surface area (Å²) < 4.78 is 75.6. The molecule has 0 spiro atoms. The van der Waals surface area contributed by atoms with E-state index < -0.39 is 60.1 Å². The lowest BCUT2D eigenvalue weighted by Gasteiger charge is -2.18. The summed E-state index contributed by atoms with van der Waals surface area (Å²) >= 11 is 0.449. The van der Waals surface area contributed by atoms with E-state index in [4.69, 9.17) is 5.11 Å². The summed E-state index contributed by atoms with van der Waals surface area (Å²) in [6.07, 6.45) is -9.54. The number of urea groups is 1. The molecular formula is C11H9F6N3O3S. The number of hydrogen-bond donors (Lipinski definition) is 2. The highest BCUT2D eigenvalue weighted by Gasteiger charge is 2.53. The zero-order chi connectivity index (χ0) is 18.3. The number of rotatable bonds is 2. The number of carboxylic acid groups (broad SMARTS) is 1. The van der Waals surface area contributed by atoms with Gasteiger partial charge in [-0.2, -0.15) is 26.3 Å². The standard InChI is InChI=1S/C11H9F6N3O3S/c12-10(13,14)5-2-20(1-4(5)7(21)22)9(23)19-8-18-6(3-24-8)11(15,16)17/h3-5H,1-2H2,(H,21,22)(H,18,19,23)/t4-,5-/m1/s1. The van der Waals surface area contributed by atoms with Crippen LogP contribution in [0.3, 0.4) is 0 Å². The van der Waals surface area contributed by atoms with Gasteiger partial charge in [-0.05, 0) is 0 Å². The summed E-state index contributed by atoms with van der Waals surface area (Å²) in [6.45, 7) is -1.60. The van der Waals surface area contributed by atoms with Gasteiger partial charge in [-0.15, -0.1) is 11.3 Å². The fraction of sp³-hybridized carbons (Fsp3) is 0.545. The number of thiazole rings is 1. The van der Waals surface area contributed by atoms with E-state index >= 15 is 0 Å². The number of halogens is 6. The fourth-order valence-electron chi connectivity index (χ4n) is 2.18.